The number of nitriles is 1. The summed E-state index contributed by atoms with van der Waals surface area (Å²) < 4.78 is 31.8. The van der Waals surface area contributed by atoms with Gasteiger partial charge in [-0.3, -0.25) is 19.3 Å². The van der Waals surface area contributed by atoms with Crippen molar-refractivity contribution >= 4 is 33.8 Å². The summed E-state index contributed by atoms with van der Waals surface area (Å²) in [5.74, 6) is -1.34. The number of aliphatic hydroxyl groups excluding tert-OH is 1. The van der Waals surface area contributed by atoms with Crippen molar-refractivity contribution in [2.75, 3.05) is 13.2 Å². The number of hydrogen-bond donors (Lipinski definition) is 2. The highest BCUT2D eigenvalue weighted by Gasteiger charge is 2.35. The number of nitrogens with one attached hydrogen (secondary N) is 1. The second-order valence-corrected chi connectivity index (χ2v) is 9.08. The molecule has 2 N–H and O–H groups in total. The van der Waals surface area contributed by atoms with Crippen LogP contribution in [0.3, 0.4) is 0 Å². The van der Waals surface area contributed by atoms with Crippen LogP contribution in [0.25, 0.3) is 17.4 Å². The van der Waals surface area contributed by atoms with Gasteiger partial charge < -0.3 is 9.52 Å². The number of sulfonamides is 1. The second kappa shape index (κ2) is 9.86. The van der Waals surface area contributed by atoms with Crippen LogP contribution in [0.4, 0.5) is 0 Å². The molecule has 0 unspecified atom stereocenters. The zero-order chi connectivity index (χ0) is 25.0. The molecule has 0 aliphatic carbocycles. The van der Waals surface area contributed by atoms with E-state index in [1.54, 1.807) is 12.1 Å². The van der Waals surface area contributed by atoms with Gasteiger partial charge in [-0.25, -0.2) is 13.1 Å². The number of rotatable bonds is 7. The molecule has 176 valence electrons. The molecule has 1 aromatic heterocycles. The fraction of sp³-hybridized carbons (Fsp3) is 0.217. The molecule has 1 aliphatic rings. The molecule has 0 saturated heterocycles. The first kappa shape index (κ1) is 24.6. The average molecular weight is 484 g/mol. The van der Waals surface area contributed by atoms with Crippen LogP contribution in [0.2, 0.25) is 0 Å². The monoisotopic (exact) mass is 483 g/mol. The average Bonchev–Trinajstić information content (AvgIpc) is 3.25. The molecular weight excluding hydrogens is 462 g/mol. The SMILES string of the molecule is CC(=O)NS(=O)(=O)c1ccc(-c2ccc(/C=C3\C(=O)N(CCCO)C(=O)C(C#N)=C3C)o2)cc1. The van der Waals surface area contributed by atoms with Crippen molar-refractivity contribution in [2.24, 2.45) is 0 Å². The zero-order valence-electron chi connectivity index (χ0n) is 18.4. The fourth-order valence-electron chi connectivity index (χ4n) is 3.34. The number of carbonyl (C=O) groups is 3. The van der Waals surface area contributed by atoms with Crippen molar-refractivity contribution in [1.29, 1.82) is 5.26 Å². The molecule has 1 aliphatic heterocycles. The van der Waals surface area contributed by atoms with E-state index in [1.807, 2.05) is 10.8 Å². The van der Waals surface area contributed by atoms with Gasteiger partial charge in [-0.15, -0.1) is 0 Å². The molecule has 0 fully saturated rings. The van der Waals surface area contributed by atoms with Gasteiger partial charge in [0.2, 0.25) is 5.91 Å². The van der Waals surface area contributed by atoms with E-state index < -0.39 is 27.7 Å². The van der Waals surface area contributed by atoms with Crippen molar-refractivity contribution in [3.63, 3.8) is 0 Å². The maximum Gasteiger partial charge on any atom is 0.271 e. The number of furan rings is 1. The normalized spacial score (nSPS) is 15.6. The Balaban J connectivity index is 1.92. The highest BCUT2D eigenvalue weighted by molar-refractivity contribution is 7.90. The van der Waals surface area contributed by atoms with Crippen LogP contribution in [-0.2, 0) is 24.4 Å². The summed E-state index contributed by atoms with van der Waals surface area (Å²) in [6.07, 6.45) is 1.60. The third-order valence-corrected chi connectivity index (χ3v) is 6.45. The van der Waals surface area contributed by atoms with Crippen LogP contribution in [0.5, 0.6) is 0 Å². The predicted octanol–water partition coefficient (Wildman–Crippen LogP) is 1.75. The highest BCUT2D eigenvalue weighted by Crippen LogP contribution is 2.29. The van der Waals surface area contributed by atoms with Crippen LogP contribution >= 0.6 is 0 Å². The van der Waals surface area contributed by atoms with E-state index in [2.05, 4.69) is 0 Å². The maximum absolute atomic E-state index is 12.9. The van der Waals surface area contributed by atoms with Gasteiger partial charge in [0.05, 0.1) is 4.90 Å². The van der Waals surface area contributed by atoms with Crippen molar-refractivity contribution in [3.05, 3.63) is 58.9 Å². The summed E-state index contributed by atoms with van der Waals surface area (Å²) in [6, 6.07) is 10.7. The lowest BCUT2D eigenvalue weighted by molar-refractivity contribution is -0.140. The lowest BCUT2D eigenvalue weighted by Crippen LogP contribution is -2.43. The number of carbonyl (C=O) groups excluding carboxylic acids is 3. The summed E-state index contributed by atoms with van der Waals surface area (Å²) in [5.41, 5.74) is 0.729. The lowest BCUT2D eigenvalue weighted by atomic mass is 9.94. The minimum absolute atomic E-state index is 0.0267. The number of hydrogen-bond acceptors (Lipinski definition) is 8. The van der Waals surface area contributed by atoms with Crippen LogP contribution in [0.15, 0.2) is 62.4 Å². The first-order chi connectivity index (χ1) is 16.1. The Kier molecular flexibility index (Phi) is 7.14. The number of benzene rings is 1. The van der Waals surface area contributed by atoms with Gasteiger partial charge in [-0.2, -0.15) is 5.26 Å². The highest BCUT2D eigenvalue weighted by atomic mass is 32.2. The molecule has 11 heteroatoms. The minimum Gasteiger partial charge on any atom is -0.457 e. The molecule has 3 amide bonds. The van der Waals surface area contributed by atoms with E-state index >= 15 is 0 Å². The molecule has 0 radical (unpaired) electrons. The van der Waals surface area contributed by atoms with E-state index in [1.165, 1.54) is 37.3 Å². The van der Waals surface area contributed by atoms with E-state index in [9.17, 15) is 28.1 Å². The van der Waals surface area contributed by atoms with Gasteiger partial charge in [0.15, 0.2) is 0 Å². The van der Waals surface area contributed by atoms with Crippen molar-refractivity contribution in [3.8, 4) is 17.4 Å². The molecule has 10 nitrogen and oxygen atoms in total. The summed E-state index contributed by atoms with van der Waals surface area (Å²) in [6.45, 7) is 2.36. The molecule has 0 saturated carbocycles. The predicted molar refractivity (Wildman–Crippen MR) is 120 cm³/mol. The molecule has 0 atom stereocenters. The summed E-state index contributed by atoms with van der Waals surface area (Å²) in [5, 5.41) is 18.4. The molecular formula is C23H21N3O7S. The second-order valence-electron chi connectivity index (χ2n) is 7.40. The summed E-state index contributed by atoms with van der Waals surface area (Å²) >= 11 is 0. The first-order valence-electron chi connectivity index (χ1n) is 10.1. The Morgan fingerprint density at radius 2 is 1.85 bits per heavy atom. The molecule has 34 heavy (non-hydrogen) atoms. The zero-order valence-corrected chi connectivity index (χ0v) is 19.2. The van der Waals surface area contributed by atoms with E-state index in [-0.39, 0.29) is 46.9 Å². The third kappa shape index (κ3) is 4.98. The Labute approximate surface area is 195 Å². The van der Waals surface area contributed by atoms with Crippen LogP contribution in [0, 0.1) is 11.3 Å². The Bertz CT molecular complexity index is 1360. The number of amides is 3. The molecule has 0 bridgehead atoms. The molecule has 0 spiro atoms. The molecule has 1 aromatic carbocycles. The molecule has 2 aromatic rings. The number of aliphatic hydroxyl groups is 1. The fourth-order valence-corrected chi connectivity index (χ4v) is 4.33. The van der Waals surface area contributed by atoms with E-state index in [0.29, 0.717) is 11.3 Å². The van der Waals surface area contributed by atoms with Crippen molar-refractivity contribution in [1.82, 2.24) is 9.62 Å². The minimum atomic E-state index is -3.97. The summed E-state index contributed by atoms with van der Waals surface area (Å²) in [4.78, 5) is 37.2. The Morgan fingerprint density at radius 3 is 2.44 bits per heavy atom. The van der Waals surface area contributed by atoms with E-state index in [4.69, 9.17) is 9.52 Å². The Hall–Kier alpha value is -4.01. The number of imide groups is 1. The van der Waals surface area contributed by atoms with Crippen LogP contribution in [-0.4, -0.2) is 49.3 Å². The van der Waals surface area contributed by atoms with E-state index in [0.717, 1.165) is 11.8 Å². The third-order valence-electron chi connectivity index (χ3n) is 5.01. The van der Waals surface area contributed by atoms with Gasteiger partial charge in [-0.1, -0.05) is 0 Å². The summed E-state index contributed by atoms with van der Waals surface area (Å²) in [7, 11) is -3.97. The first-order valence-corrected chi connectivity index (χ1v) is 11.6. The van der Waals surface area contributed by atoms with Gasteiger partial charge in [0, 0.05) is 31.2 Å². The van der Waals surface area contributed by atoms with Crippen molar-refractivity contribution in [2.45, 2.75) is 25.2 Å². The smallest absolute Gasteiger partial charge is 0.271 e. The standard InChI is InChI=1S/C23H21N3O7S/c1-14-19(22(29)26(10-3-11-27)23(30)20(14)13-24)12-17-6-9-21(33-17)16-4-7-18(8-5-16)34(31,32)25-15(2)28/h4-9,12,27H,3,10-11H2,1-2H3,(H,25,28)/b19-12-. The molecule has 2 heterocycles. The van der Waals surface area contributed by atoms with Crippen LogP contribution < -0.4 is 4.72 Å². The maximum atomic E-state index is 12.9. The van der Waals surface area contributed by atoms with Gasteiger partial charge >= 0.3 is 0 Å². The van der Waals surface area contributed by atoms with Gasteiger partial charge in [0.1, 0.15) is 23.2 Å². The molecule has 3 rings (SSSR count). The Morgan fingerprint density at radius 1 is 1.18 bits per heavy atom. The van der Waals surface area contributed by atoms with Crippen molar-refractivity contribution < 1.29 is 32.3 Å². The topological polar surface area (TPSA) is 158 Å². The van der Waals surface area contributed by atoms with Crippen LogP contribution in [0.1, 0.15) is 26.0 Å². The lowest BCUT2D eigenvalue weighted by Gasteiger charge is -2.27. The van der Waals surface area contributed by atoms with Gasteiger partial charge in [0.25, 0.3) is 21.8 Å². The quantitative estimate of drug-likeness (QED) is 0.445. The largest absolute Gasteiger partial charge is 0.457 e. The van der Waals surface area contributed by atoms with Gasteiger partial charge in [-0.05, 0) is 61.4 Å². The number of nitrogens with zero attached hydrogens (tertiary/aromatic N) is 2.